The smallest absolute Gasteiger partial charge is 0.313 e. The fraction of sp³-hybridized carbons (Fsp3) is 0.740. The number of fused-ring (bicyclic) bond motifs is 7. The average Bonchev–Trinajstić information content (AvgIpc) is 3.56. The third-order valence-electron chi connectivity index (χ3n) is 19.1. The van der Waals surface area contributed by atoms with Crippen molar-refractivity contribution in [2.24, 2.45) is 56.7 Å². The van der Waals surface area contributed by atoms with Crippen molar-refractivity contribution in [3.05, 3.63) is 59.8 Å². The van der Waals surface area contributed by atoms with Gasteiger partial charge in [-0.15, -0.1) is 0 Å². The monoisotopic (exact) mass is 815 g/mol. The van der Waals surface area contributed by atoms with Gasteiger partial charge in [-0.1, -0.05) is 65.0 Å². The van der Waals surface area contributed by atoms with E-state index in [0.717, 1.165) is 25.8 Å². The summed E-state index contributed by atoms with van der Waals surface area (Å²) in [5.74, 6) is 7.66. The lowest BCUT2D eigenvalue weighted by Gasteiger charge is -2.72. The zero-order valence-corrected chi connectivity index (χ0v) is 37.5. The minimum absolute atomic E-state index is 0.000275. The number of carboxylic acid groups (broad SMARTS) is 1. The van der Waals surface area contributed by atoms with Crippen molar-refractivity contribution < 1.29 is 24.0 Å². The zero-order valence-electron chi connectivity index (χ0n) is 36.7. The molecule has 0 spiro atoms. The largest absolute Gasteiger partial charge is 0.481 e. The number of pyridine rings is 1. The Morgan fingerprint density at radius 3 is 2.34 bits per heavy atom. The number of nitrogens with one attached hydrogen (secondary N) is 1. The van der Waals surface area contributed by atoms with Crippen LogP contribution in [0.4, 0.5) is 0 Å². The first-order valence-corrected chi connectivity index (χ1v) is 24.9. The lowest BCUT2D eigenvalue weighted by Crippen LogP contribution is -2.68. The van der Waals surface area contributed by atoms with E-state index in [9.17, 15) is 19.2 Å². The summed E-state index contributed by atoms with van der Waals surface area (Å²) < 4.78 is 18.5. The molecular weight excluding hydrogens is 741 g/mol. The SMILES string of the molecule is C=C(C)[C@@H]1CC[C@]2(NCCC3(O)CCS(=C)(=O)CC3)CC[C@]3(C)[C@H](CC[C@@H]4[C@@]5(C)CC=C(C6=CC[C@@](COc7ccccn7)(C(=O)O)CC6)C(C)(C)[C@@H]5CC[C@]43C)[C@@H]12. The number of carbonyl (C=O) groups is 1. The maximum Gasteiger partial charge on any atom is 0.313 e. The van der Waals surface area contributed by atoms with Gasteiger partial charge in [-0.05, 0) is 194 Å². The number of rotatable bonds is 10. The molecule has 0 radical (unpaired) electrons. The van der Waals surface area contributed by atoms with Crippen LogP contribution < -0.4 is 10.1 Å². The van der Waals surface area contributed by atoms with E-state index in [2.05, 4.69) is 76.4 Å². The van der Waals surface area contributed by atoms with E-state index in [1.165, 1.54) is 68.1 Å². The first kappa shape index (κ1) is 42.3. The van der Waals surface area contributed by atoms with Crippen molar-refractivity contribution in [3.63, 3.8) is 0 Å². The maximum atomic E-state index is 12.7. The molecule has 8 heteroatoms. The second kappa shape index (κ2) is 14.6. The summed E-state index contributed by atoms with van der Waals surface area (Å²) in [4.78, 5) is 17.0. The molecule has 10 atom stereocenters. The Labute approximate surface area is 350 Å². The highest BCUT2D eigenvalue weighted by atomic mass is 32.2. The summed E-state index contributed by atoms with van der Waals surface area (Å²) in [5.41, 5.74) is 3.26. The molecular formula is C50H74N2O5S. The van der Waals surface area contributed by atoms with Crippen LogP contribution in [-0.2, 0) is 14.3 Å². The van der Waals surface area contributed by atoms with Gasteiger partial charge in [-0.25, -0.2) is 4.98 Å². The minimum atomic E-state index is -2.03. The van der Waals surface area contributed by atoms with Crippen molar-refractivity contribution in [1.82, 2.24) is 10.3 Å². The van der Waals surface area contributed by atoms with Crippen LogP contribution in [0.5, 0.6) is 5.88 Å². The Morgan fingerprint density at radius 1 is 0.931 bits per heavy atom. The summed E-state index contributed by atoms with van der Waals surface area (Å²) in [6.07, 6.45) is 21.2. The number of ether oxygens (including phenoxy) is 1. The van der Waals surface area contributed by atoms with Crippen LogP contribution in [-0.4, -0.2) is 67.0 Å². The molecule has 6 aliphatic carbocycles. The van der Waals surface area contributed by atoms with Crippen molar-refractivity contribution in [1.29, 1.82) is 0 Å². The van der Waals surface area contributed by atoms with Crippen LogP contribution in [0.3, 0.4) is 0 Å². The molecule has 1 aliphatic heterocycles. The van der Waals surface area contributed by atoms with E-state index in [0.29, 0.717) is 72.7 Å². The van der Waals surface area contributed by atoms with Crippen LogP contribution in [0.2, 0.25) is 0 Å². The number of hydrogen-bond acceptors (Lipinski definition) is 6. The average molecular weight is 815 g/mol. The van der Waals surface area contributed by atoms with E-state index < -0.39 is 26.5 Å². The molecule has 2 heterocycles. The highest BCUT2D eigenvalue weighted by Gasteiger charge is 2.70. The van der Waals surface area contributed by atoms with E-state index in [1.807, 2.05) is 12.1 Å². The van der Waals surface area contributed by atoms with Gasteiger partial charge < -0.3 is 20.3 Å². The van der Waals surface area contributed by atoms with Crippen molar-refractivity contribution >= 4 is 21.4 Å². The Kier molecular flexibility index (Phi) is 10.6. The fourth-order valence-corrected chi connectivity index (χ4v) is 17.3. The highest BCUT2D eigenvalue weighted by molar-refractivity contribution is 8.00. The molecule has 8 rings (SSSR count). The van der Waals surface area contributed by atoms with E-state index >= 15 is 0 Å². The number of nitrogens with zero attached hydrogens (tertiary/aromatic N) is 1. The number of carboxylic acids is 1. The second-order valence-corrected chi connectivity index (χ2v) is 24.9. The molecule has 0 unspecified atom stereocenters. The number of aromatic nitrogens is 1. The van der Waals surface area contributed by atoms with Crippen molar-refractivity contribution in [2.75, 3.05) is 24.7 Å². The number of allylic oxidation sites excluding steroid dienone is 5. The van der Waals surface area contributed by atoms with Gasteiger partial charge in [0, 0.05) is 29.3 Å². The van der Waals surface area contributed by atoms with Crippen molar-refractivity contribution in [3.8, 4) is 5.88 Å². The molecule has 0 aromatic carbocycles. The van der Waals surface area contributed by atoms with E-state index in [1.54, 1.807) is 12.3 Å². The maximum absolute atomic E-state index is 12.7. The van der Waals surface area contributed by atoms with Gasteiger partial charge >= 0.3 is 5.97 Å². The van der Waals surface area contributed by atoms with Gasteiger partial charge in [-0.3, -0.25) is 9.00 Å². The molecule has 1 saturated heterocycles. The molecule has 5 fully saturated rings. The molecule has 4 saturated carbocycles. The Balaban J connectivity index is 1.01. The number of aliphatic hydroxyl groups is 1. The quantitative estimate of drug-likeness (QED) is 0.160. The van der Waals surface area contributed by atoms with Crippen LogP contribution in [0.15, 0.2) is 59.8 Å². The number of hydrogen-bond donors (Lipinski definition) is 3. The summed E-state index contributed by atoms with van der Waals surface area (Å²) >= 11 is 0. The topological polar surface area (TPSA) is 109 Å². The third kappa shape index (κ3) is 6.71. The van der Waals surface area contributed by atoms with Gasteiger partial charge in [-0.2, -0.15) is 0 Å². The first-order valence-electron chi connectivity index (χ1n) is 22.9. The molecule has 0 bridgehead atoms. The Morgan fingerprint density at radius 2 is 1.69 bits per heavy atom. The lowest BCUT2D eigenvalue weighted by molar-refractivity contribution is -0.221. The normalized spacial score (nSPS) is 45.7. The fourth-order valence-electron chi connectivity index (χ4n) is 15.6. The summed E-state index contributed by atoms with van der Waals surface area (Å²) in [6.45, 7) is 20.9. The van der Waals surface area contributed by atoms with Gasteiger partial charge in [0.25, 0.3) is 0 Å². The number of aliphatic carboxylic acids is 1. The zero-order chi connectivity index (χ0) is 41.6. The first-order chi connectivity index (χ1) is 27.2. The van der Waals surface area contributed by atoms with Crippen molar-refractivity contribution in [2.45, 2.75) is 149 Å². The van der Waals surface area contributed by atoms with Gasteiger partial charge in [0.05, 0.1) is 5.60 Å². The Hall–Kier alpha value is -2.42. The predicted molar refractivity (Wildman–Crippen MR) is 236 cm³/mol. The van der Waals surface area contributed by atoms with Crippen LogP contribution >= 0.6 is 0 Å². The highest BCUT2D eigenvalue weighted by Crippen LogP contribution is 2.76. The van der Waals surface area contributed by atoms with Gasteiger partial charge in [0.1, 0.15) is 12.0 Å². The van der Waals surface area contributed by atoms with E-state index in [-0.39, 0.29) is 33.8 Å². The summed E-state index contributed by atoms with van der Waals surface area (Å²) in [6, 6.07) is 5.49. The van der Waals surface area contributed by atoms with Crippen LogP contribution in [0.1, 0.15) is 138 Å². The van der Waals surface area contributed by atoms with Crippen LogP contribution in [0.25, 0.3) is 0 Å². The minimum Gasteiger partial charge on any atom is -0.481 e. The molecule has 320 valence electrons. The standard InChI is InChI=1S/C50H74N2O5S/c1-34(2)36-16-23-50(52-30-26-49(55)27-31-58(8,56)32-28-49)25-24-46(6)38(42(36)50)12-13-40-45(5)19-17-37(44(3,4)39(45)18-20-47(40,46)7)35-14-21-48(22-15-35,43(53)54)33-57-41-11-9-10-29-51-41/h9-11,14,17,29,36,38-40,42,52,55H,1,8,12-13,15-16,18-28,30-33H2,2-7H3,(H,53,54)/t36-,38+,39-,40+,42+,45-,46+,47+,48+,49?,50-,58?/m0/s1. The molecule has 58 heavy (non-hydrogen) atoms. The summed E-state index contributed by atoms with van der Waals surface area (Å²) in [7, 11) is -2.03. The molecule has 1 aromatic heterocycles. The van der Waals surface area contributed by atoms with Crippen LogP contribution in [0, 0.1) is 56.7 Å². The summed E-state index contributed by atoms with van der Waals surface area (Å²) in [5, 5.41) is 26.1. The third-order valence-corrected chi connectivity index (χ3v) is 21.0. The molecule has 0 amide bonds. The second-order valence-electron chi connectivity index (χ2n) is 22.1. The van der Waals surface area contributed by atoms with E-state index in [4.69, 9.17) is 4.74 Å². The van der Waals surface area contributed by atoms with Gasteiger partial charge in [0.15, 0.2) is 0 Å². The molecule has 7 aliphatic rings. The lowest BCUT2D eigenvalue weighted by atomic mass is 9.33. The Bertz CT molecular complexity index is 1940. The predicted octanol–water partition coefficient (Wildman–Crippen LogP) is 9.81. The molecule has 3 N–H and O–H groups in total. The molecule has 7 nitrogen and oxygen atoms in total. The van der Waals surface area contributed by atoms with Gasteiger partial charge in [0.2, 0.25) is 5.88 Å². The molecule has 1 aromatic rings.